The molecule has 1 aliphatic carbocycles. The van der Waals surface area contributed by atoms with Crippen molar-refractivity contribution in [2.45, 2.75) is 47.1 Å². The quantitative estimate of drug-likeness (QED) is 0.276. The van der Waals surface area contributed by atoms with Gasteiger partial charge in [0, 0.05) is 43.1 Å². The summed E-state index contributed by atoms with van der Waals surface area (Å²) < 4.78 is 4.57. The smallest absolute Gasteiger partial charge is 0.147 e. The van der Waals surface area contributed by atoms with Crippen LogP contribution in [-0.4, -0.2) is 32.2 Å². The molecule has 1 aliphatic rings. The average molecular weight is 464 g/mol. The van der Waals surface area contributed by atoms with Gasteiger partial charge in [-0.3, -0.25) is 4.57 Å². The molecule has 3 aromatic heterocycles. The number of anilines is 1. The van der Waals surface area contributed by atoms with Crippen molar-refractivity contribution < 1.29 is 0 Å². The summed E-state index contributed by atoms with van der Waals surface area (Å²) in [6.07, 6.45) is 8.49. The minimum absolute atomic E-state index is 0.788. The molecule has 1 saturated carbocycles. The van der Waals surface area contributed by atoms with Gasteiger partial charge in [-0.05, 0) is 69.7 Å². The third kappa shape index (κ3) is 3.99. The van der Waals surface area contributed by atoms with Gasteiger partial charge < -0.3 is 9.47 Å². The minimum atomic E-state index is 0.788. The molecular weight excluding hydrogens is 430 g/mol. The lowest BCUT2D eigenvalue weighted by Crippen LogP contribution is -2.29. The van der Waals surface area contributed by atoms with Gasteiger partial charge in [0.05, 0.1) is 28.6 Å². The summed E-state index contributed by atoms with van der Waals surface area (Å²) in [5.41, 5.74) is 9.74. The van der Waals surface area contributed by atoms with E-state index in [2.05, 4.69) is 95.4 Å². The third-order valence-corrected chi connectivity index (χ3v) is 7.30. The lowest BCUT2D eigenvalue weighted by Gasteiger charge is -2.26. The van der Waals surface area contributed by atoms with Gasteiger partial charge in [-0.1, -0.05) is 35.9 Å². The van der Waals surface area contributed by atoms with Crippen LogP contribution < -0.4 is 4.90 Å². The monoisotopic (exact) mass is 463 g/mol. The van der Waals surface area contributed by atoms with Crippen molar-refractivity contribution in [3.63, 3.8) is 0 Å². The molecule has 0 N–H and O–H groups in total. The Hall–Kier alpha value is -3.60. The van der Waals surface area contributed by atoms with Crippen LogP contribution in [0.4, 0.5) is 5.69 Å². The number of para-hydroxylation sites is 1. The largest absolute Gasteiger partial charge is 0.369 e. The fraction of sp³-hybridized carbons (Fsp3) is 0.333. The molecule has 0 atom stereocenters. The molecule has 0 spiro atoms. The van der Waals surface area contributed by atoms with Crippen LogP contribution in [0.25, 0.3) is 27.6 Å². The molecule has 6 rings (SSSR count). The first-order valence-corrected chi connectivity index (χ1v) is 12.7. The van der Waals surface area contributed by atoms with Gasteiger partial charge in [0.2, 0.25) is 0 Å². The van der Waals surface area contributed by atoms with Crippen LogP contribution in [0.5, 0.6) is 0 Å². The van der Waals surface area contributed by atoms with E-state index in [1.165, 1.54) is 57.2 Å². The molecule has 0 radical (unpaired) electrons. The number of benzene rings is 2. The Morgan fingerprint density at radius 3 is 2.49 bits per heavy atom. The van der Waals surface area contributed by atoms with Gasteiger partial charge in [0.1, 0.15) is 5.65 Å². The maximum Gasteiger partial charge on any atom is 0.147 e. The number of aromatic nitrogens is 4. The molecule has 5 heteroatoms. The highest BCUT2D eigenvalue weighted by atomic mass is 15.2. The molecule has 5 nitrogen and oxygen atoms in total. The van der Waals surface area contributed by atoms with Gasteiger partial charge >= 0.3 is 0 Å². The van der Waals surface area contributed by atoms with Crippen molar-refractivity contribution in [3.05, 3.63) is 83.6 Å². The van der Waals surface area contributed by atoms with Gasteiger partial charge in [0.15, 0.2) is 0 Å². The number of imidazole rings is 1. The van der Waals surface area contributed by atoms with Gasteiger partial charge in [-0.2, -0.15) is 0 Å². The zero-order chi connectivity index (χ0) is 24.1. The summed E-state index contributed by atoms with van der Waals surface area (Å²) in [4.78, 5) is 12.0. The van der Waals surface area contributed by atoms with E-state index in [-0.39, 0.29) is 0 Å². The zero-order valence-electron chi connectivity index (χ0n) is 21.1. The van der Waals surface area contributed by atoms with Crippen LogP contribution in [0.1, 0.15) is 35.2 Å². The predicted octanol–water partition coefficient (Wildman–Crippen LogP) is 6.53. The van der Waals surface area contributed by atoms with Crippen molar-refractivity contribution in [2.75, 3.05) is 18.0 Å². The standard InChI is InChI=1S/C30H33N5/c1-20-15-21(2)29(22(3)16-20)35-26-8-6-5-7-25(26)28-27(17-23(4)32-30(28)35)34(18-24-9-10-24)14-13-33-12-11-31-19-33/h5-8,11-12,15-17,19,24H,9-10,13-14,18H2,1-4H3. The first-order chi connectivity index (χ1) is 17.0. The molecule has 3 heterocycles. The number of rotatable bonds is 7. The molecule has 0 amide bonds. The Bertz CT molecular complexity index is 1500. The highest BCUT2D eigenvalue weighted by Gasteiger charge is 2.27. The predicted molar refractivity (Wildman–Crippen MR) is 145 cm³/mol. The first kappa shape index (κ1) is 21.9. The zero-order valence-corrected chi connectivity index (χ0v) is 21.1. The molecule has 2 aromatic carbocycles. The van der Waals surface area contributed by atoms with E-state index in [1.54, 1.807) is 0 Å². The molecule has 5 aromatic rings. The summed E-state index contributed by atoms with van der Waals surface area (Å²) in [7, 11) is 0. The van der Waals surface area contributed by atoms with E-state index in [0.717, 1.165) is 36.9 Å². The summed E-state index contributed by atoms with van der Waals surface area (Å²) in [6, 6.07) is 15.7. The molecule has 35 heavy (non-hydrogen) atoms. The third-order valence-electron chi connectivity index (χ3n) is 7.30. The fourth-order valence-corrected chi connectivity index (χ4v) is 5.63. The molecule has 1 fully saturated rings. The van der Waals surface area contributed by atoms with Crippen molar-refractivity contribution >= 4 is 27.6 Å². The SMILES string of the molecule is Cc1cc(C)c(-n2c3ccccc3c3c(N(CCn4ccnc4)CC4CC4)cc(C)nc32)c(C)c1. The van der Waals surface area contributed by atoms with Gasteiger partial charge in [0.25, 0.3) is 0 Å². The van der Waals surface area contributed by atoms with Crippen LogP contribution in [0.3, 0.4) is 0 Å². The second-order valence-electron chi connectivity index (χ2n) is 10.3. The number of hydrogen-bond acceptors (Lipinski definition) is 3. The van der Waals surface area contributed by atoms with Gasteiger partial charge in [-0.15, -0.1) is 0 Å². The molecule has 0 aliphatic heterocycles. The van der Waals surface area contributed by atoms with E-state index >= 15 is 0 Å². The Morgan fingerprint density at radius 2 is 1.77 bits per heavy atom. The van der Waals surface area contributed by atoms with Crippen LogP contribution in [-0.2, 0) is 6.54 Å². The van der Waals surface area contributed by atoms with Crippen molar-refractivity contribution in [2.24, 2.45) is 5.92 Å². The van der Waals surface area contributed by atoms with Crippen molar-refractivity contribution in [1.29, 1.82) is 0 Å². The highest BCUT2D eigenvalue weighted by molar-refractivity contribution is 6.14. The molecule has 0 saturated heterocycles. The van der Waals surface area contributed by atoms with Crippen LogP contribution in [0, 0.1) is 33.6 Å². The van der Waals surface area contributed by atoms with Crippen LogP contribution >= 0.6 is 0 Å². The molecule has 178 valence electrons. The average Bonchev–Trinajstić information content (AvgIpc) is 3.38. The Kier molecular flexibility index (Phi) is 5.36. The maximum atomic E-state index is 5.16. The first-order valence-electron chi connectivity index (χ1n) is 12.7. The topological polar surface area (TPSA) is 38.9 Å². The number of nitrogens with zero attached hydrogens (tertiary/aromatic N) is 5. The summed E-state index contributed by atoms with van der Waals surface area (Å²) in [6.45, 7) is 11.7. The number of pyridine rings is 1. The maximum absolute atomic E-state index is 5.16. The summed E-state index contributed by atoms with van der Waals surface area (Å²) in [5, 5.41) is 2.53. The second-order valence-corrected chi connectivity index (χ2v) is 10.3. The van der Waals surface area contributed by atoms with E-state index in [0.29, 0.717) is 0 Å². The fourth-order valence-electron chi connectivity index (χ4n) is 5.63. The lowest BCUT2D eigenvalue weighted by atomic mass is 10.0. The van der Waals surface area contributed by atoms with E-state index < -0.39 is 0 Å². The number of aryl methyl sites for hydroxylation is 4. The lowest BCUT2D eigenvalue weighted by molar-refractivity contribution is 0.635. The Labute approximate surface area is 207 Å². The van der Waals surface area contributed by atoms with Gasteiger partial charge in [-0.25, -0.2) is 9.97 Å². The van der Waals surface area contributed by atoms with Crippen molar-refractivity contribution in [1.82, 2.24) is 19.1 Å². The summed E-state index contributed by atoms with van der Waals surface area (Å²) in [5.74, 6) is 0.788. The van der Waals surface area contributed by atoms with E-state index in [1.807, 2.05) is 12.5 Å². The Balaban J connectivity index is 1.59. The second kappa shape index (κ2) is 8.56. The van der Waals surface area contributed by atoms with Crippen LogP contribution in [0.2, 0.25) is 0 Å². The highest BCUT2D eigenvalue weighted by Crippen LogP contribution is 2.40. The Morgan fingerprint density at radius 1 is 1.00 bits per heavy atom. The summed E-state index contributed by atoms with van der Waals surface area (Å²) >= 11 is 0. The van der Waals surface area contributed by atoms with Crippen molar-refractivity contribution in [3.8, 4) is 5.69 Å². The molecule has 0 unspecified atom stereocenters. The number of fused-ring (bicyclic) bond motifs is 3. The van der Waals surface area contributed by atoms with Crippen LogP contribution in [0.15, 0.2) is 61.2 Å². The normalized spacial score (nSPS) is 13.7. The minimum Gasteiger partial charge on any atom is -0.369 e. The molecule has 0 bridgehead atoms. The molecular formula is C30H33N5. The van der Waals surface area contributed by atoms with E-state index in [9.17, 15) is 0 Å². The number of hydrogen-bond donors (Lipinski definition) is 0. The van der Waals surface area contributed by atoms with E-state index in [4.69, 9.17) is 4.98 Å².